The molecule has 1 aliphatic carbocycles. The molecule has 4 atom stereocenters. The third-order valence-corrected chi connectivity index (χ3v) is 5.28. The van der Waals surface area contributed by atoms with E-state index in [1.54, 1.807) is 0 Å². The summed E-state index contributed by atoms with van der Waals surface area (Å²) in [6.45, 7) is 4.29. The molecule has 2 N–H and O–H groups in total. The van der Waals surface area contributed by atoms with E-state index in [1.807, 2.05) is 0 Å². The van der Waals surface area contributed by atoms with Gasteiger partial charge in [0, 0.05) is 37.0 Å². The predicted octanol–water partition coefficient (Wildman–Crippen LogP) is 1.58. The van der Waals surface area contributed by atoms with Gasteiger partial charge in [-0.2, -0.15) is 0 Å². The molecule has 4 rings (SSSR count). The average molecular weight is 258 g/mol. The summed E-state index contributed by atoms with van der Waals surface area (Å²) in [5.74, 6) is 1.51. The van der Waals surface area contributed by atoms with E-state index in [-0.39, 0.29) is 6.04 Å². The molecule has 3 aliphatic rings. The third kappa shape index (κ3) is 1.92. The SMILES string of the molecule is NC1c2ccccc2CC[C@@H]1N1CC2COCC2C1. The Kier molecular flexibility index (Phi) is 2.87. The Hall–Kier alpha value is -0.900. The first-order valence-electron chi connectivity index (χ1n) is 7.48. The van der Waals surface area contributed by atoms with E-state index in [0.717, 1.165) is 25.0 Å². The molecule has 0 saturated carbocycles. The number of nitrogens with zero attached hydrogens (tertiary/aromatic N) is 1. The number of nitrogens with two attached hydrogens (primary N) is 1. The highest BCUT2D eigenvalue weighted by Crippen LogP contribution is 2.37. The molecule has 3 unspecified atom stereocenters. The maximum Gasteiger partial charge on any atom is 0.0510 e. The molecule has 0 amide bonds. The lowest BCUT2D eigenvalue weighted by molar-refractivity contribution is 0.125. The van der Waals surface area contributed by atoms with Gasteiger partial charge in [-0.1, -0.05) is 24.3 Å². The summed E-state index contributed by atoms with van der Waals surface area (Å²) in [7, 11) is 0. The van der Waals surface area contributed by atoms with Crippen LogP contribution in [0.3, 0.4) is 0 Å². The first-order valence-corrected chi connectivity index (χ1v) is 7.48. The lowest BCUT2D eigenvalue weighted by Crippen LogP contribution is -2.45. The number of aryl methyl sites for hydroxylation is 1. The van der Waals surface area contributed by atoms with Crippen molar-refractivity contribution in [2.75, 3.05) is 26.3 Å². The molecule has 1 aromatic carbocycles. The van der Waals surface area contributed by atoms with Gasteiger partial charge < -0.3 is 10.5 Å². The van der Waals surface area contributed by atoms with Crippen LogP contribution in [0.15, 0.2) is 24.3 Å². The third-order valence-electron chi connectivity index (χ3n) is 5.28. The largest absolute Gasteiger partial charge is 0.381 e. The predicted molar refractivity (Wildman–Crippen MR) is 74.9 cm³/mol. The van der Waals surface area contributed by atoms with Gasteiger partial charge in [-0.3, -0.25) is 4.90 Å². The van der Waals surface area contributed by atoms with Crippen molar-refractivity contribution < 1.29 is 4.74 Å². The second kappa shape index (κ2) is 4.58. The number of benzene rings is 1. The molecule has 2 heterocycles. The van der Waals surface area contributed by atoms with Crippen LogP contribution in [0.5, 0.6) is 0 Å². The van der Waals surface area contributed by atoms with Gasteiger partial charge in [0.1, 0.15) is 0 Å². The molecule has 2 fully saturated rings. The monoisotopic (exact) mass is 258 g/mol. The van der Waals surface area contributed by atoms with E-state index in [9.17, 15) is 0 Å². The molecular weight excluding hydrogens is 236 g/mol. The van der Waals surface area contributed by atoms with Crippen molar-refractivity contribution in [2.45, 2.75) is 24.9 Å². The first-order chi connectivity index (χ1) is 9.33. The Morgan fingerprint density at radius 1 is 1.11 bits per heavy atom. The molecule has 2 saturated heterocycles. The van der Waals surface area contributed by atoms with Gasteiger partial charge in [-0.15, -0.1) is 0 Å². The second-order valence-electron chi connectivity index (χ2n) is 6.34. The van der Waals surface area contributed by atoms with Crippen molar-refractivity contribution in [3.8, 4) is 0 Å². The van der Waals surface area contributed by atoms with Crippen LogP contribution in [-0.2, 0) is 11.2 Å². The molecule has 1 aromatic rings. The minimum absolute atomic E-state index is 0.185. The Balaban J connectivity index is 1.54. The Morgan fingerprint density at radius 3 is 2.63 bits per heavy atom. The van der Waals surface area contributed by atoms with Crippen molar-refractivity contribution >= 4 is 0 Å². The van der Waals surface area contributed by atoms with Crippen LogP contribution in [0.1, 0.15) is 23.6 Å². The topological polar surface area (TPSA) is 38.5 Å². The maximum absolute atomic E-state index is 6.55. The highest BCUT2D eigenvalue weighted by Gasteiger charge is 2.42. The van der Waals surface area contributed by atoms with Gasteiger partial charge in [-0.05, 0) is 24.0 Å². The second-order valence-corrected chi connectivity index (χ2v) is 6.34. The molecule has 0 bridgehead atoms. The van der Waals surface area contributed by atoms with Crippen LogP contribution in [0.25, 0.3) is 0 Å². The van der Waals surface area contributed by atoms with E-state index >= 15 is 0 Å². The lowest BCUT2D eigenvalue weighted by Gasteiger charge is -2.37. The van der Waals surface area contributed by atoms with Gasteiger partial charge >= 0.3 is 0 Å². The molecule has 19 heavy (non-hydrogen) atoms. The van der Waals surface area contributed by atoms with Gasteiger partial charge in [-0.25, -0.2) is 0 Å². The van der Waals surface area contributed by atoms with Gasteiger partial charge in [0.05, 0.1) is 13.2 Å². The molecule has 0 radical (unpaired) electrons. The average Bonchev–Trinajstić information content (AvgIpc) is 3.00. The Morgan fingerprint density at radius 2 is 1.84 bits per heavy atom. The van der Waals surface area contributed by atoms with E-state index in [0.29, 0.717) is 6.04 Å². The van der Waals surface area contributed by atoms with Crippen molar-refractivity contribution in [3.05, 3.63) is 35.4 Å². The molecule has 0 aromatic heterocycles. The molecule has 3 nitrogen and oxygen atoms in total. The molecule has 0 spiro atoms. The van der Waals surface area contributed by atoms with Gasteiger partial charge in [0.15, 0.2) is 0 Å². The van der Waals surface area contributed by atoms with Crippen LogP contribution in [0.4, 0.5) is 0 Å². The Bertz CT molecular complexity index is 464. The summed E-state index contributed by atoms with van der Waals surface area (Å²) >= 11 is 0. The van der Waals surface area contributed by atoms with E-state index < -0.39 is 0 Å². The highest BCUT2D eigenvalue weighted by molar-refractivity contribution is 5.33. The van der Waals surface area contributed by atoms with Crippen LogP contribution in [0.2, 0.25) is 0 Å². The zero-order valence-electron chi connectivity index (χ0n) is 11.3. The quantitative estimate of drug-likeness (QED) is 0.831. The minimum atomic E-state index is 0.185. The number of hydrogen-bond acceptors (Lipinski definition) is 3. The summed E-state index contributed by atoms with van der Waals surface area (Å²) in [4.78, 5) is 2.64. The molecule has 102 valence electrons. The first kappa shape index (κ1) is 11.9. The molecule has 3 heteroatoms. The molecule has 2 aliphatic heterocycles. The summed E-state index contributed by atoms with van der Waals surface area (Å²) in [5.41, 5.74) is 9.37. The van der Waals surface area contributed by atoms with Gasteiger partial charge in [0.25, 0.3) is 0 Å². The van der Waals surface area contributed by atoms with Crippen LogP contribution < -0.4 is 5.73 Å². The zero-order chi connectivity index (χ0) is 12.8. The number of rotatable bonds is 1. The number of likely N-dealkylation sites (tertiary alicyclic amines) is 1. The number of hydrogen-bond donors (Lipinski definition) is 1. The number of ether oxygens (including phenoxy) is 1. The van der Waals surface area contributed by atoms with Gasteiger partial charge in [0.2, 0.25) is 0 Å². The fraction of sp³-hybridized carbons (Fsp3) is 0.625. The molecular formula is C16H22N2O. The summed E-state index contributed by atoms with van der Waals surface area (Å²) in [5, 5.41) is 0. The standard InChI is InChI=1S/C16H22N2O/c17-16-14-4-2-1-3-11(14)5-6-15(16)18-7-12-9-19-10-13(12)8-18/h1-4,12-13,15-16H,5-10,17H2/t12?,13?,15-,16?/m0/s1. The summed E-state index contributed by atoms with van der Waals surface area (Å²) < 4.78 is 5.57. The van der Waals surface area contributed by atoms with E-state index in [2.05, 4.69) is 29.2 Å². The summed E-state index contributed by atoms with van der Waals surface area (Å²) in [6, 6.07) is 9.41. The minimum Gasteiger partial charge on any atom is -0.381 e. The van der Waals surface area contributed by atoms with Crippen LogP contribution in [-0.4, -0.2) is 37.2 Å². The maximum atomic E-state index is 6.55. The smallest absolute Gasteiger partial charge is 0.0510 e. The van der Waals surface area contributed by atoms with E-state index in [4.69, 9.17) is 10.5 Å². The van der Waals surface area contributed by atoms with Crippen molar-refractivity contribution in [1.82, 2.24) is 4.90 Å². The van der Waals surface area contributed by atoms with Crippen molar-refractivity contribution in [3.63, 3.8) is 0 Å². The van der Waals surface area contributed by atoms with Crippen LogP contribution in [0, 0.1) is 11.8 Å². The summed E-state index contributed by atoms with van der Waals surface area (Å²) in [6.07, 6.45) is 2.38. The Labute approximate surface area is 114 Å². The lowest BCUT2D eigenvalue weighted by atomic mass is 9.84. The van der Waals surface area contributed by atoms with Crippen molar-refractivity contribution in [1.29, 1.82) is 0 Å². The van der Waals surface area contributed by atoms with E-state index in [1.165, 1.54) is 37.1 Å². The van der Waals surface area contributed by atoms with Crippen LogP contribution >= 0.6 is 0 Å². The fourth-order valence-electron chi connectivity index (χ4n) is 4.18. The normalized spacial score (nSPS) is 38.2. The zero-order valence-corrected chi connectivity index (χ0v) is 11.3. The highest BCUT2D eigenvalue weighted by atomic mass is 16.5. The number of fused-ring (bicyclic) bond motifs is 2. The van der Waals surface area contributed by atoms with Crippen molar-refractivity contribution in [2.24, 2.45) is 17.6 Å². The fourth-order valence-corrected chi connectivity index (χ4v) is 4.18.